The smallest absolute Gasteiger partial charge is 0.273 e. The van der Waals surface area contributed by atoms with E-state index in [2.05, 4.69) is 20.5 Å². The van der Waals surface area contributed by atoms with Gasteiger partial charge in [0.2, 0.25) is 0 Å². The number of nitro benzene ring substituents is 1. The second kappa shape index (κ2) is 7.56. The van der Waals surface area contributed by atoms with Crippen molar-refractivity contribution in [3.63, 3.8) is 0 Å². The first-order valence-corrected chi connectivity index (χ1v) is 7.92. The number of hydrogen-bond donors (Lipinski definition) is 1. The fraction of sp³-hybridized carbons (Fsp3) is 0.188. The summed E-state index contributed by atoms with van der Waals surface area (Å²) in [6.45, 7) is 1.84. The third-order valence-electron chi connectivity index (χ3n) is 3.78. The van der Waals surface area contributed by atoms with Gasteiger partial charge in [-0.2, -0.15) is 5.10 Å². The van der Waals surface area contributed by atoms with E-state index in [1.54, 1.807) is 6.92 Å². The summed E-state index contributed by atoms with van der Waals surface area (Å²) in [4.78, 5) is 38.4. The third-order valence-corrected chi connectivity index (χ3v) is 3.78. The van der Waals surface area contributed by atoms with Gasteiger partial charge in [-0.1, -0.05) is 6.07 Å². The molecule has 0 bridgehead atoms. The number of carbonyl (C=O) groups excluding carboxylic acids is 1. The molecule has 0 unspecified atom stereocenters. The Labute approximate surface area is 152 Å². The molecule has 0 saturated carbocycles. The van der Waals surface area contributed by atoms with Crippen LogP contribution in [0.15, 0.2) is 47.8 Å². The second-order valence-corrected chi connectivity index (χ2v) is 5.61. The Balaban J connectivity index is 1.67. The fourth-order valence-corrected chi connectivity index (χ4v) is 2.37. The molecule has 0 aliphatic carbocycles. The number of aryl methyl sites for hydroxylation is 1. The van der Waals surface area contributed by atoms with Crippen LogP contribution in [0, 0.1) is 17.0 Å². The average molecular weight is 369 g/mol. The fourth-order valence-electron chi connectivity index (χ4n) is 2.37. The van der Waals surface area contributed by atoms with E-state index < -0.39 is 10.8 Å². The molecule has 11 heteroatoms. The van der Waals surface area contributed by atoms with Crippen molar-refractivity contribution < 1.29 is 9.72 Å². The van der Waals surface area contributed by atoms with Crippen molar-refractivity contribution in [3.8, 4) is 5.82 Å². The molecule has 0 aliphatic rings. The maximum Gasteiger partial charge on any atom is 0.273 e. The first kappa shape index (κ1) is 17.9. The highest BCUT2D eigenvalue weighted by atomic mass is 16.6. The Morgan fingerprint density at radius 1 is 1.30 bits per heavy atom. The number of carbonyl (C=O) groups is 1. The van der Waals surface area contributed by atoms with E-state index in [0.717, 1.165) is 0 Å². The summed E-state index contributed by atoms with van der Waals surface area (Å²) in [5.74, 6) is -0.0637. The summed E-state index contributed by atoms with van der Waals surface area (Å²) >= 11 is 0. The maximum absolute atomic E-state index is 12.2. The predicted octanol–water partition coefficient (Wildman–Crippen LogP) is 0.471. The van der Waals surface area contributed by atoms with Gasteiger partial charge in [-0.3, -0.25) is 19.7 Å². The molecule has 2 heterocycles. The summed E-state index contributed by atoms with van der Waals surface area (Å²) in [6, 6.07) is 7.10. The van der Waals surface area contributed by atoms with Gasteiger partial charge in [-0.05, 0) is 19.1 Å². The van der Waals surface area contributed by atoms with Crippen molar-refractivity contribution in [2.24, 2.45) is 0 Å². The zero-order chi connectivity index (χ0) is 19.4. The molecule has 0 fully saturated rings. The van der Waals surface area contributed by atoms with Gasteiger partial charge in [0.15, 0.2) is 5.82 Å². The highest BCUT2D eigenvalue weighted by molar-refractivity contribution is 5.94. The van der Waals surface area contributed by atoms with E-state index in [1.807, 2.05) is 0 Å². The molecule has 11 nitrogen and oxygen atoms in total. The van der Waals surface area contributed by atoms with E-state index in [9.17, 15) is 19.7 Å². The molecule has 0 atom stereocenters. The number of benzene rings is 1. The van der Waals surface area contributed by atoms with Crippen molar-refractivity contribution in [2.45, 2.75) is 13.5 Å². The molecule has 27 heavy (non-hydrogen) atoms. The first-order valence-electron chi connectivity index (χ1n) is 7.92. The summed E-state index contributed by atoms with van der Waals surface area (Å²) in [5.41, 5.74) is 0.182. The minimum atomic E-state index is -0.536. The minimum Gasteiger partial charge on any atom is -0.350 e. The van der Waals surface area contributed by atoms with Crippen molar-refractivity contribution in [2.75, 3.05) is 6.54 Å². The average Bonchev–Trinajstić information content (AvgIpc) is 3.18. The van der Waals surface area contributed by atoms with Crippen LogP contribution >= 0.6 is 0 Å². The van der Waals surface area contributed by atoms with Crippen molar-refractivity contribution in [3.05, 3.63) is 74.6 Å². The quantitative estimate of drug-likeness (QED) is 0.492. The van der Waals surface area contributed by atoms with Crippen molar-refractivity contribution in [1.82, 2.24) is 29.9 Å². The molecular weight excluding hydrogens is 354 g/mol. The Kier molecular flexibility index (Phi) is 5.01. The van der Waals surface area contributed by atoms with Gasteiger partial charge in [-0.25, -0.2) is 14.3 Å². The zero-order valence-electron chi connectivity index (χ0n) is 14.3. The number of nitrogens with zero attached hydrogens (tertiary/aromatic N) is 6. The van der Waals surface area contributed by atoms with Crippen LogP contribution in [0.5, 0.6) is 0 Å². The van der Waals surface area contributed by atoms with Gasteiger partial charge in [-0.15, -0.1) is 5.10 Å². The van der Waals surface area contributed by atoms with E-state index in [0.29, 0.717) is 11.4 Å². The Bertz CT molecular complexity index is 1040. The van der Waals surface area contributed by atoms with Gasteiger partial charge in [0.1, 0.15) is 12.7 Å². The van der Waals surface area contributed by atoms with Crippen LogP contribution in [0.25, 0.3) is 5.82 Å². The largest absolute Gasteiger partial charge is 0.350 e. The lowest BCUT2D eigenvalue weighted by molar-refractivity contribution is -0.385. The van der Waals surface area contributed by atoms with Crippen LogP contribution in [0.3, 0.4) is 0 Å². The topological polar surface area (TPSA) is 138 Å². The molecule has 0 radical (unpaired) electrons. The van der Waals surface area contributed by atoms with Crippen LogP contribution in [0.4, 0.5) is 5.69 Å². The van der Waals surface area contributed by atoms with Crippen LogP contribution < -0.4 is 10.9 Å². The van der Waals surface area contributed by atoms with Crippen LogP contribution in [0.1, 0.15) is 15.9 Å². The monoisotopic (exact) mass is 369 g/mol. The molecule has 1 amide bonds. The number of aromatic nitrogens is 5. The molecule has 3 rings (SSSR count). The van der Waals surface area contributed by atoms with E-state index in [-0.39, 0.29) is 29.9 Å². The Morgan fingerprint density at radius 3 is 2.81 bits per heavy atom. The van der Waals surface area contributed by atoms with Crippen molar-refractivity contribution >= 4 is 11.6 Å². The van der Waals surface area contributed by atoms with E-state index in [4.69, 9.17) is 0 Å². The number of hydrogen-bond acceptors (Lipinski definition) is 7. The third kappa shape index (κ3) is 4.03. The van der Waals surface area contributed by atoms with Crippen molar-refractivity contribution in [1.29, 1.82) is 0 Å². The SMILES string of the molecule is Cc1ccc(C(=O)NCCn2nc(-n3cncn3)ccc2=O)cc1[N+](=O)[O-]. The molecule has 0 aliphatic heterocycles. The molecular formula is C16H15N7O4. The maximum atomic E-state index is 12.2. The zero-order valence-corrected chi connectivity index (χ0v) is 14.3. The van der Waals surface area contributed by atoms with Crippen LogP contribution in [0.2, 0.25) is 0 Å². The van der Waals surface area contributed by atoms with Crippen LogP contribution in [-0.2, 0) is 6.54 Å². The van der Waals surface area contributed by atoms with E-state index in [1.165, 1.54) is 52.4 Å². The highest BCUT2D eigenvalue weighted by Gasteiger charge is 2.14. The summed E-state index contributed by atoms with van der Waals surface area (Å²) < 4.78 is 2.59. The minimum absolute atomic E-state index is 0.119. The van der Waals surface area contributed by atoms with Gasteiger partial charge in [0, 0.05) is 29.8 Å². The number of rotatable bonds is 6. The van der Waals surface area contributed by atoms with Crippen LogP contribution in [-0.4, -0.2) is 41.9 Å². The number of nitro groups is 1. The molecule has 2 aromatic heterocycles. The number of amides is 1. The second-order valence-electron chi connectivity index (χ2n) is 5.61. The van der Waals surface area contributed by atoms with Gasteiger partial charge < -0.3 is 5.32 Å². The highest BCUT2D eigenvalue weighted by Crippen LogP contribution is 2.19. The predicted molar refractivity (Wildman–Crippen MR) is 93.6 cm³/mol. The molecule has 3 aromatic rings. The van der Waals surface area contributed by atoms with Gasteiger partial charge >= 0.3 is 0 Å². The lowest BCUT2D eigenvalue weighted by Crippen LogP contribution is -2.32. The molecule has 0 spiro atoms. The Morgan fingerprint density at radius 2 is 2.11 bits per heavy atom. The molecule has 138 valence electrons. The number of nitrogens with one attached hydrogen (secondary N) is 1. The molecule has 1 aromatic carbocycles. The van der Waals surface area contributed by atoms with Gasteiger partial charge in [0.05, 0.1) is 11.5 Å². The standard InChI is InChI=1S/C16H15N7O4/c1-11-2-3-12(8-13(11)23(26)27)16(25)18-6-7-21-15(24)5-4-14(20-21)22-10-17-9-19-22/h2-5,8-10H,6-7H2,1H3,(H,18,25). The lowest BCUT2D eigenvalue weighted by Gasteiger charge is -2.08. The summed E-state index contributed by atoms with van der Waals surface area (Å²) in [6.07, 6.45) is 2.79. The molecule has 0 saturated heterocycles. The molecule has 1 N–H and O–H groups in total. The Hall–Kier alpha value is -3.89. The normalized spacial score (nSPS) is 10.6. The first-order chi connectivity index (χ1) is 13.0. The van der Waals surface area contributed by atoms with Gasteiger partial charge in [0.25, 0.3) is 17.2 Å². The van der Waals surface area contributed by atoms with E-state index >= 15 is 0 Å². The summed E-state index contributed by atoms with van der Waals surface area (Å²) in [7, 11) is 0. The lowest BCUT2D eigenvalue weighted by atomic mass is 10.1. The summed E-state index contributed by atoms with van der Waals surface area (Å²) in [5, 5.41) is 21.7.